The molecule has 3 aromatic rings. The Kier molecular flexibility index (Phi) is 6.24. The number of halogens is 2. The summed E-state index contributed by atoms with van der Waals surface area (Å²) in [6, 6.07) is 13.0. The second kappa shape index (κ2) is 8.81. The van der Waals surface area contributed by atoms with E-state index in [2.05, 4.69) is 26.3 Å². The summed E-state index contributed by atoms with van der Waals surface area (Å²) in [5.41, 5.74) is 2.27. The van der Waals surface area contributed by atoms with Gasteiger partial charge in [0.25, 0.3) is 5.91 Å². The van der Waals surface area contributed by atoms with Gasteiger partial charge < -0.3 is 10.1 Å². The lowest BCUT2D eigenvalue weighted by atomic mass is 10.1. The van der Waals surface area contributed by atoms with Gasteiger partial charge in [-0.2, -0.15) is 5.10 Å². The monoisotopic (exact) mass is 431 g/mol. The number of benzene rings is 2. The summed E-state index contributed by atoms with van der Waals surface area (Å²) >= 11 is 3.44. The lowest BCUT2D eigenvalue weighted by Crippen LogP contribution is -2.23. The maximum Gasteiger partial charge on any atom is 0.251 e. The summed E-state index contributed by atoms with van der Waals surface area (Å²) in [6.07, 6.45) is 1.89. The molecule has 0 spiro atoms. The number of amides is 1. The Balaban J connectivity index is 1.53. The number of carbonyl (C=O) groups is 1. The maximum atomic E-state index is 12.9. The minimum absolute atomic E-state index is 0.168. The van der Waals surface area contributed by atoms with E-state index in [-0.39, 0.29) is 11.7 Å². The molecule has 0 unspecified atom stereocenters. The van der Waals surface area contributed by atoms with Crippen molar-refractivity contribution in [3.8, 4) is 5.75 Å². The third-order valence-corrected chi connectivity index (χ3v) is 4.63. The van der Waals surface area contributed by atoms with Crippen LogP contribution < -0.4 is 10.1 Å². The molecule has 0 aliphatic heterocycles. The number of aromatic nitrogens is 2. The van der Waals surface area contributed by atoms with Crippen LogP contribution in [0.1, 0.15) is 28.5 Å². The molecule has 2 aromatic carbocycles. The predicted octanol–water partition coefficient (Wildman–Crippen LogP) is 4.31. The Morgan fingerprint density at radius 2 is 1.89 bits per heavy atom. The van der Waals surface area contributed by atoms with E-state index in [0.29, 0.717) is 24.5 Å². The van der Waals surface area contributed by atoms with Crippen LogP contribution in [0, 0.1) is 5.82 Å². The summed E-state index contributed by atoms with van der Waals surface area (Å²) in [6.45, 7) is 3.47. The van der Waals surface area contributed by atoms with Crippen molar-refractivity contribution in [1.29, 1.82) is 0 Å². The Labute approximate surface area is 165 Å². The van der Waals surface area contributed by atoms with Crippen LogP contribution in [0.5, 0.6) is 5.75 Å². The molecule has 1 N–H and O–H groups in total. The standard InChI is InChI=1S/C20H19BrFN3O2/c1-2-25-12-18(21)19(24-25)11-23-20(26)15-5-3-14(4-6-15)13-27-17-9-7-16(22)8-10-17/h3-10,12H,2,11,13H2,1H3,(H,23,26). The fourth-order valence-corrected chi connectivity index (χ4v) is 2.89. The van der Waals surface area contributed by atoms with E-state index in [1.165, 1.54) is 12.1 Å². The van der Waals surface area contributed by atoms with Gasteiger partial charge in [-0.15, -0.1) is 0 Å². The average Bonchev–Trinajstić information content (AvgIpc) is 3.06. The van der Waals surface area contributed by atoms with E-state index < -0.39 is 0 Å². The third kappa shape index (κ3) is 5.17. The quantitative estimate of drug-likeness (QED) is 0.606. The number of hydrogen-bond acceptors (Lipinski definition) is 3. The molecule has 0 saturated heterocycles. The SMILES string of the molecule is CCn1cc(Br)c(CNC(=O)c2ccc(COc3ccc(F)cc3)cc2)n1. The van der Waals surface area contributed by atoms with E-state index in [0.717, 1.165) is 22.3 Å². The molecule has 7 heteroatoms. The first-order chi connectivity index (χ1) is 13.0. The Morgan fingerprint density at radius 1 is 1.19 bits per heavy atom. The maximum absolute atomic E-state index is 12.9. The van der Waals surface area contributed by atoms with E-state index in [1.807, 2.05) is 29.9 Å². The molecule has 0 fully saturated rings. The second-order valence-corrected chi connectivity index (χ2v) is 6.76. The van der Waals surface area contributed by atoms with Crippen molar-refractivity contribution in [3.63, 3.8) is 0 Å². The van der Waals surface area contributed by atoms with Gasteiger partial charge >= 0.3 is 0 Å². The van der Waals surface area contributed by atoms with Crippen LogP contribution >= 0.6 is 15.9 Å². The topological polar surface area (TPSA) is 56.2 Å². The summed E-state index contributed by atoms with van der Waals surface area (Å²) in [5.74, 6) is 0.125. The van der Waals surface area contributed by atoms with Gasteiger partial charge in [0.1, 0.15) is 18.2 Å². The lowest BCUT2D eigenvalue weighted by molar-refractivity contribution is 0.0950. The minimum atomic E-state index is -0.300. The van der Waals surface area contributed by atoms with Gasteiger partial charge in [0.2, 0.25) is 0 Å². The van der Waals surface area contributed by atoms with Crippen LogP contribution in [-0.2, 0) is 19.7 Å². The molecule has 3 rings (SSSR count). The van der Waals surface area contributed by atoms with Crippen LogP contribution in [0.25, 0.3) is 0 Å². The molecule has 0 aliphatic carbocycles. The van der Waals surface area contributed by atoms with E-state index in [1.54, 1.807) is 24.3 Å². The minimum Gasteiger partial charge on any atom is -0.489 e. The van der Waals surface area contributed by atoms with Crippen LogP contribution in [0.4, 0.5) is 4.39 Å². The summed E-state index contributed by atoms with van der Waals surface area (Å²) in [4.78, 5) is 12.3. The number of nitrogens with one attached hydrogen (secondary N) is 1. The first kappa shape index (κ1) is 19.1. The molecule has 0 atom stereocenters. The van der Waals surface area contributed by atoms with Crippen molar-refractivity contribution in [3.05, 3.63) is 81.8 Å². The number of ether oxygens (including phenoxy) is 1. The van der Waals surface area contributed by atoms with Gasteiger partial charge in [0.05, 0.1) is 16.7 Å². The highest BCUT2D eigenvalue weighted by Gasteiger charge is 2.10. The molecule has 0 aliphatic rings. The van der Waals surface area contributed by atoms with Crippen LogP contribution in [0.2, 0.25) is 0 Å². The number of hydrogen-bond donors (Lipinski definition) is 1. The highest BCUT2D eigenvalue weighted by Crippen LogP contribution is 2.16. The molecule has 1 heterocycles. The zero-order valence-electron chi connectivity index (χ0n) is 14.8. The Hall–Kier alpha value is -2.67. The van der Waals surface area contributed by atoms with Crippen molar-refractivity contribution in [2.24, 2.45) is 0 Å². The number of rotatable bonds is 7. The van der Waals surface area contributed by atoms with Gasteiger partial charge in [0, 0.05) is 18.3 Å². The van der Waals surface area contributed by atoms with Crippen molar-refractivity contribution in [2.75, 3.05) is 0 Å². The zero-order chi connectivity index (χ0) is 19.2. The van der Waals surface area contributed by atoms with Gasteiger partial charge in [-0.1, -0.05) is 12.1 Å². The largest absolute Gasteiger partial charge is 0.489 e. The summed E-state index contributed by atoms with van der Waals surface area (Å²) in [7, 11) is 0. The fraction of sp³-hybridized carbons (Fsp3) is 0.200. The van der Waals surface area contributed by atoms with Gasteiger partial charge in [-0.25, -0.2) is 4.39 Å². The van der Waals surface area contributed by atoms with Crippen LogP contribution in [-0.4, -0.2) is 15.7 Å². The van der Waals surface area contributed by atoms with E-state index in [9.17, 15) is 9.18 Å². The Morgan fingerprint density at radius 3 is 2.52 bits per heavy atom. The molecule has 0 radical (unpaired) electrons. The van der Waals surface area contributed by atoms with Gasteiger partial charge in [-0.3, -0.25) is 9.48 Å². The van der Waals surface area contributed by atoms with E-state index in [4.69, 9.17) is 4.74 Å². The first-order valence-corrected chi connectivity index (χ1v) is 9.32. The van der Waals surface area contributed by atoms with Crippen molar-refractivity contribution in [1.82, 2.24) is 15.1 Å². The summed E-state index contributed by atoms with van der Waals surface area (Å²) in [5, 5.41) is 7.25. The van der Waals surface area contributed by atoms with Crippen molar-refractivity contribution >= 4 is 21.8 Å². The molecule has 1 aromatic heterocycles. The van der Waals surface area contributed by atoms with Crippen molar-refractivity contribution < 1.29 is 13.9 Å². The van der Waals surface area contributed by atoms with Gasteiger partial charge in [0.15, 0.2) is 0 Å². The molecular weight excluding hydrogens is 413 g/mol. The first-order valence-electron chi connectivity index (χ1n) is 8.52. The average molecular weight is 432 g/mol. The number of nitrogens with zero attached hydrogens (tertiary/aromatic N) is 2. The molecule has 0 bridgehead atoms. The smallest absolute Gasteiger partial charge is 0.251 e. The predicted molar refractivity (Wildman–Crippen MR) is 104 cm³/mol. The highest BCUT2D eigenvalue weighted by atomic mass is 79.9. The van der Waals surface area contributed by atoms with Crippen molar-refractivity contribution in [2.45, 2.75) is 26.6 Å². The zero-order valence-corrected chi connectivity index (χ0v) is 16.4. The van der Waals surface area contributed by atoms with Crippen LogP contribution in [0.15, 0.2) is 59.2 Å². The number of aryl methyl sites for hydroxylation is 1. The van der Waals surface area contributed by atoms with Gasteiger partial charge in [-0.05, 0) is 64.8 Å². The fourth-order valence-electron chi connectivity index (χ4n) is 2.43. The highest BCUT2D eigenvalue weighted by molar-refractivity contribution is 9.10. The molecule has 140 valence electrons. The third-order valence-electron chi connectivity index (χ3n) is 3.96. The molecular formula is C20H19BrFN3O2. The number of carbonyl (C=O) groups excluding carboxylic acids is 1. The normalized spacial score (nSPS) is 10.6. The molecule has 5 nitrogen and oxygen atoms in total. The summed E-state index contributed by atoms with van der Waals surface area (Å²) < 4.78 is 21.2. The molecule has 0 saturated carbocycles. The second-order valence-electron chi connectivity index (χ2n) is 5.90. The molecule has 1 amide bonds. The lowest BCUT2D eigenvalue weighted by Gasteiger charge is -2.08. The van der Waals surface area contributed by atoms with Crippen LogP contribution in [0.3, 0.4) is 0 Å². The molecule has 27 heavy (non-hydrogen) atoms. The Bertz CT molecular complexity index is 908. The van der Waals surface area contributed by atoms with E-state index >= 15 is 0 Å².